The zero-order valence-corrected chi connectivity index (χ0v) is 6.13. The van der Waals surface area contributed by atoms with Gasteiger partial charge >= 0.3 is 0 Å². The van der Waals surface area contributed by atoms with Crippen molar-refractivity contribution >= 4 is 29.6 Å². The summed E-state index contributed by atoms with van der Waals surface area (Å²) in [7, 11) is 0. The zero-order valence-electron chi connectivity index (χ0n) is 4.13. The number of nitro groups is 1. The molecular weight excluding hydrogens is 109 g/mol. The predicted molar refractivity (Wildman–Crippen MR) is 24.7 cm³/mol. The third-order valence-corrected chi connectivity index (χ3v) is 0.283. The van der Waals surface area contributed by atoms with Gasteiger partial charge in [-0.3, -0.25) is 10.1 Å². The molecule has 0 saturated carbocycles. The Morgan fingerprint density at radius 1 is 1.71 bits per heavy atom. The van der Waals surface area contributed by atoms with Gasteiger partial charge in [0.25, 0.3) is 0 Å². The maximum absolute atomic E-state index is 9.24. The van der Waals surface area contributed by atoms with E-state index in [-0.39, 0.29) is 42.7 Å². The Kier molecular flexibility index (Phi) is 9.42. The fourth-order valence-electron chi connectivity index (χ4n) is 0.0816. The molecule has 0 aliphatic rings. The van der Waals surface area contributed by atoms with E-state index in [0.29, 0.717) is 0 Å². The van der Waals surface area contributed by atoms with E-state index in [9.17, 15) is 10.1 Å². The fourth-order valence-corrected chi connectivity index (χ4v) is 0.0816. The minimum atomic E-state index is -0.569. The van der Waals surface area contributed by atoms with Gasteiger partial charge in [-0.1, -0.05) is 0 Å². The molecule has 1 radical (unpaired) electrons. The van der Waals surface area contributed by atoms with Crippen molar-refractivity contribution in [3.8, 4) is 0 Å². The van der Waals surface area contributed by atoms with Crippen molar-refractivity contribution in [3.63, 3.8) is 0 Å². The molecule has 0 aliphatic heterocycles. The first kappa shape index (κ1) is 10.4. The Balaban J connectivity index is 0. The molecule has 0 heterocycles. The Bertz CT molecular complexity index is 56.9. The van der Waals surface area contributed by atoms with E-state index in [2.05, 4.69) is 0 Å². The van der Waals surface area contributed by atoms with Gasteiger partial charge in [0, 0.05) is 34.5 Å². The minimum absolute atomic E-state index is 0. The van der Waals surface area contributed by atoms with Crippen LogP contribution < -0.4 is 0 Å². The van der Waals surface area contributed by atoms with Crippen LogP contribution in [0.25, 0.3) is 0 Å². The van der Waals surface area contributed by atoms with E-state index < -0.39 is 4.92 Å². The molecule has 0 atom stereocenters. The molecule has 0 fully saturated rings. The first-order valence-corrected chi connectivity index (χ1v) is 1.50. The van der Waals surface area contributed by atoms with E-state index in [0.717, 1.165) is 0 Å². The van der Waals surface area contributed by atoms with E-state index in [1.165, 1.54) is 0 Å². The molecule has 0 bridgehead atoms. The second-order valence-electron chi connectivity index (χ2n) is 0.780. The largest absolute Gasteiger partial charge is 0.390 e. The predicted octanol–water partition coefficient (Wildman–Crippen LogP) is -1.13. The van der Waals surface area contributed by atoms with Crippen LogP contribution in [0.3, 0.4) is 0 Å². The number of nitrogens with zero attached hydrogens (tertiary/aromatic N) is 1. The standard InChI is InChI=1S/C2H5NO3.Na/c4-2-1-3(5)6;/h4H,1-2H2;. The molecule has 0 rings (SSSR count). The topological polar surface area (TPSA) is 63.4 Å². The molecule has 0 unspecified atom stereocenters. The van der Waals surface area contributed by atoms with Gasteiger partial charge in [0.15, 0.2) is 0 Å². The molecule has 0 amide bonds. The smallest absolute Gasteiger partial charge is 0.226 e. The summed E-state index contributed by atoms with van der Waals surface area (Å²) in [5, 5.41) is 17.0. The summed E-state index contributed by atoms with van der Waals surface area (Å²) in [5.41, 5.74) is 0. The molecule has 1 N–H and O–H groups in total. The van der Waals surface area contributed by atoms with Crippen molar-refractivity contribution in [1.29, 1.82) is 0 Å². The van der Waals surface area contributed by atoms with Crippen LogP contribution in [0.1, 0.15) is 0 Å². The monoisotopic (exact) mass is 114 g/mol. The Labute approximate surface area is 63.0 Å². The molecule has 4 nitrogen and oxygen atoms in total. The van der Waals surface area contributed by atoms with Crippen molar-refractivity contribution < 1.29 is 10.0 Å². The second-order valence-corrected chi connectivity index (χ2v) is 0.780. The van der Waals surface area contributed by atoms with E-state index in [1.54, 1.807) is 0 Å². The van der Waals surface area contributed by atoms with Crippen molar-refractivity contribution in [2.45, 2.75) is 0 Å². The Hall–Kier alpha value is 0.360. The fraction of sp³-hybridized carbons (Fsp3) is 1.00. The van der Waals surface area contributed by atoms with Crippen molar-refractivity contribution in [1.82, 2.24) is 0 Å². The molecule has 0 aliphatic carbocycles. The van der Waals surface area contributed by atoms with E-state index >= 15 is 0 Å². The molecule has 7 heavy (non-hydrogen) atoms. The maximum atomic E-state index is 9.24. The minimum Gasteiger partial charge on any atom is -0.390 e. The number of rotatable bonds is 2. The first-order chi connectivity index (χ1) is 2.77. The molecule has 0 aromatic rings. The zero-order chi connectivity index (χ0) is 4.99. The van der Waals surface area contributed by atoms with Gasteiger partial charge in [-0.05, 0) is 0 Å². The molecule has 0 spiro atoms. The van der Waals surface area contributed by atoms with Gasteiger partial charge in [-0.2, -0.15) is 0 Å². The summed E-state index contributed by atoms with van der Waals surface area (Å²) in [6, 6.07) is 0. The third kappa shape index (κ3) is 10.7. The average Bonchev–Trinajstić information content (AvgIpc) is 1.35. The third-order valence-electron chi connectivity index (χ3n) is 0.283. The summed E-state index contributed by atoms with van der Waals surface area (Å²) in [5.74, 6) is 0. The van der Waals surface area contributed by atoms with Gasteiger partial charge in [0.2, 0.25) is 6.54 Å². The number of aliphatic hydroxyl groups is 1. The molecule has 0 aromatic carbocycles. The summed E-state index contributed by atoms with van der Waals surface area (Å²) in [6.45, 7) is -0.715. The van der Waals surface area contributed by atoms with Gasteiger partial charge in [-0.25, -0.2) is 0 Å². The van der Waals surface area contributed by atoms with Crippen LogP contribution in [-0.2, 0) is 0 Å². The van der Waals surface area contributed by atoms with Gasteiger partial charge in [0.05, 0.1) is 0 Å². The van der Waals surface area contributed by atoms with Crippen LogP contribution in [0.2, 0.25) is 0 Å². The first-order valence-electron chi connectivity index (χ1n) is 1.50. The van der Waals surface area contributed by atoms with Crippen LogP contribution in [0.5, 0.6) is 0 Å². The summed E-state index contributed by atoms with van der Waals surface area (Å²) in [4.78, 5) is 8.68. The molecule has 37 valence electrons. The Morgan fingerprint density at radius 2 is 2.14 bits per heavy atom. The van der Waals surface area contributed by atoms with Crippen molar-refractivity contribution in [2.24, 2.45) is 0 Å². The van der Waals surface area contributed by atoms with Crippen LogP contribution in [-0.4, -0.2) is 52.7 Å². The number of aliphatic hydroxyl groups excluding tert-OH is 1. The average molecular weight is 114 g/mol. The van der Waals surface area contributed by atoms with Crippen LogP contribution >= 0.6 is 0 Å². The molecule has 5 heteroatoms. The number of hydrogen-bond donors (Lipinski definition) is 1. The quantitative estimate of drug-likeness (QED) is 0.281. The van der Waals surface area contributed by atoms with Gasteiger partial charge in [0.1, 0.15) is 6.61 Å². The van der Waals surface area contributed by atoms with Gasteiger partial charge in [-0.15, -0.1) is 0 Å². The Morgan fingerprint density at radius 3 is 2.14 bits per heavy atom. The van der Waals surface area contributed by atoms with Crippen LogP contribution in [0.15, 0.2) is 0 Å². The summed E-state index contributed by atoms with van der Waals surface area (Å²) < 4.78 is 0. The second kappa shape index (κ2) is 6.36. The molecule has 0 aromatic heterocycles. The van der Waals surface area contributed by atoms with E-state index in [1.807, 2.05) is 0 Å². The number of hydrogen-bond acceptors (Lipinski definition) is 3. The van der Waals surface area contributed by atoms with Crippen molar-refractivity contribution in [2.75, 3.05) is 13.2 Å². The molecule has 0 saturated heterocycles. The SMILES string of the molecule is O=[N+]([O-])CCO.[Na]. The van der Waals surface area contributed by atoms with Crippen LogP contribution in [0.4, 0.5) is 0 Å². The van der Waals surface area contributed by atoms with Crippen molar-refractivity contribution in [3.05, 3.63) is 10.1 Å². The van der Waals surface area contributed by atoms with Crippen LogP contribution in [0, 0.1) is 10.1 Å². The summed E-state index contributed by atoms with van der Waals surface area (Å²) >= 11 is 0. The summed E-state index contributed by atoms with van der Waals surface area (Å²) in [6.07, 6.45) is 0. The maximum Gasteiger partial charge on any atom is 0.226 e. The van der Waals surface area contributed by atoms with E-state index in [4.69, 9.17) is 5.11 Å². The normalized spacial score (nSPS) is 7.00. The van der Waals surface area contributed by atoms with Gasteiger partial charge < -0.3 is 5.11 Å². The molecular formula is C2H5NNaO3.